The van der Waals surface area contributed by atoms with Crippen LogP contribution in [0, 0.1) is 0 Å². The van der Waals surface area contributed by atoms with Crippen LogP contribution >= 0.6 is 0 Å². The van der Waals surface area contributed by atoms with E-state index in [9.17, 15) is 14.7 Å². The Morgan fingerprint density at radius 3 is 0.625 bits per heavy atom. The Morgan fingerprint density at radius 1 is 0.240 bits per heavy atom. The lowest BCUT2D eigenvalue weighted by Gasteiger charge is -2.15. The van der Waals surface area contributed by atoms with Gasteiger partial charge in [-0.15, -0.1) is 0 Å². The number of hydrogen-bond donors (Lipinski definition) is 1. The Morgan fingerprint density at radius 2 is 0.417 bits per heavy atom. The SMILES string of the molecule is CC/C=C\C/C=C\C/C=C\C/C=C\C/C=C\C/C=C\C/C=C\C/C=C\CCCCCCCCCCCCCCCCCCC(=O)OC(CO)COC(=O)CCCCCCCCCCCCCCCCCCCCCCCC/C=C\C/C=C\C/C=C\C/C=C\C/C=C\C/C=C\CC. The van der Waals surface area contributed by atoms with Crippen molar-refractivity contribution in [3.63, 3.8) is 0 Å². The average molecular weight is 1330 g/mol. The van der Waals surface area contributed by atoms with Crippen molar-refractivity contribution >= 4 is 11.9 Å². The molecule has 0 aliphatic rings. The Kier molecular flexibility index (Phi) is 80.3. The van der Waals surface area contributed by atoms with E-state index >= 15 is 0 Å². The minimum atomic E-state index is -0.780. The number of carbonyl (C=O) groups is 2. The summed E-state index contributed by atoms with van der Waals surface area (Å²) in [5.41, 5.74) is 0. The number of unbranched alkanes of at least 4 members (excludes halogenated alkanes) is 38. The molecule has 0 fully saturated rings. The zero-order chi connectivity index (χ0) is 69.0. The molecule has 5 nitrogen and oxygen atoms in total. The monoisotopic (exact) mass is 1330 g/mol. The highest BCUT2D eigenvalue weighted by atomic mass is 16.6. The van der Waals surface area contributed by atoms with Crippen LogP contribution in [0.15, 0.2) is 170 Å². The van der Waals surface area contributed by atoms with E-state index in [0.29, 0.717) is 12.8 Å². The summed E-state index contributed by atoms with van der Waals surface area (Å²) in [5, 5.41) is 9.74. The lowest BCUT2D eigenvalue weighted by Crippen LogP contribution is -2.28. The molecule has 0 saturated heterocycles. The van der Waals surface area contributed by atoms with E-state index in [1.54, 1.807) is 0 Å². The molecule has 0 spiro atoms. The normalized spacial score (nSPS) is 13.2. The quantitative estimate of drug-likeness (QED) is 0.0373. The summed E-state index contributed by atoms with van der Waals surface area (Å²) >= 11 is 0. The summed E-state index contributed by atoms with van der Waals surface area (Å²) < 4.78 is 10.8. The van der Waals surface area contributed by atoms with Gasteiger partial charge >= 0.3 is 11.9 Å². The standard InChI is InChI=1S/C91H152O5/c1-3-5-7-9-11-13-15-17-19-21-23-25-27-29-31-33-35-37-39-41-43-45-47-49-51-53-55-57-59-61-63-65-67-69-71-73-75-77-79-81-83-85-90(93)95-88-89(87-92)96-91(94)86-84-82-80-78-76-74-72-70-68-66-64-62-60-58-56-54-52-50-48-46-44-42-40-38-36-34-32-30-28-26-24-22-20-18-16-14-12-10-8-6-4-2/h5-8,11-14,17-20,23-26,29-32,35-38,42,44,48,50,89,92H,3-4,9-10,15-16,21-22,27-28,33-34,39-41,43,45-47,49,51-88H2,1-2H3/b7-5-,8-6-,13-11-,14-12-,19-17-,20-18-,25-23-,26-24-,31-29-,32-30-,37-35-,38-36-,44-42-,50-48-. The van der Waals surface area contributed by atoms with Crippen LogP contribution in [0.4, 0.5) is 0 Å². The molecule has 0 aromatic carbocycles. The van der Waals surface area contributed by atoms with E-state index in [0.717, 1.165) is 128 Å². The van der Waals surface area contributed by atoms with Crippen LogP contribution in [0.5, 0.6) is 0 Å². The minimum absolute atomic E-state index is 0.0678. The molecule has 0 aliphatic carbocycles. The van der Waals surface area contributed by atoms with Gasteiger partial charge in [0.2, 0.25) is 0 Å². The Balaban J connectivity index is 3.46. The third-order valence-corrected chi connectivity index (χ3v) is 17.5. The molecule has 0 rings (SSSR count). The molecule has 96 heavy (non-hydrogen) atoms. The van der Waals surface area contributed by atoms with Crippen molar-refractivity contribution in [2.24, 2.45) is 0 Å². The smallest absolute Gasteiger partial charge is 0.306 e. The maximum absolute atomic E-state index is 12.4. The molecule has 1 unspecified atom stereocenters. The van der Waals surface area contributed by atoms with E-state index in [4.69, 9.17) is 9.47 Å². The number of rotatable bonds is 74. The van der Waals surface area contributed by atoms with Gasteiger partial charge < -0.3 is 14.6 Å². The van der Waals surface area contributed by atoms with Crippen LogP contribution in [0.2, 0.25) is 0 Å². The first-order valence-corrected chi connectivity index (χ1v) is 40.7. The predicted octanol–water partition coefficient (Wildman–Crippen LogP) is 29.1. The van der Waals surface area contributed by atoms with Gasteiger partial charge in [-0.2, -0.15) is 0 Å². The summed E-state index contributed by atoms with van der Waals surface area (Å²) in [5.74, 6) is -0.580. The molecule has 0 aromatic rings. The highest BCUT2D eigenvalue weighted by molar-refractivity contribution is 5.70. The van der Waals surface area contributed by atoms with Crippen LogP contribution in [0.3, 0.4) is 0 Å². The maximum Gasteiger partial charge on any atom is 0.306 e. The van der Waals surface area contributed by atoms with E-state index < -0.39 is 6.10 Å². The van der Waals surface area contributed by atoms with Gasteiger partial charge in [-0.05, 0) is 128 Å². The molecule has 0 bridgehead atoms. The lowest BCUT2D eigenvalue weighted by atomic mass is 10.0. The van der Waals surface area contributed by atoms with E-state index in [1.165, 1.54) is 218 Å². The zero-order valence-electron chi connectivity index (χ0n) is 62.8. The van der Waals surface area contributed by atoms with E-state index in [2.05, 4.69) is 184 Å². The third kappa shape index (κ3) is 81.7. The average Bonchev–Trinajstić information content (AvgIpc) is 3.79. The molecular weight excluding hydrogens is 1170 g/mol. The van der Waals surface area contributed by atoms with Crippen LogP contribution < -0.4 is 0 Å². The molecule has 546 valence electrons. The molecule has 0 heterocycles. The molecule has 1 N–H and O–H groups in total. The highest BCUT2D eigenvalue weighted by Gasteiger charge is 2.16. The Labute approximate surface area is 595 Å². The molecule has 0 aromatic heterocycles. The van der Waals surface area contributed by atoms with Crippen molar-refractivity contribution < 1.29 is 24.2 Å². The Bertz CT molecular complexity index is 2050. The number of aliphatic hydroxyl groups is 1. The molecular formula is C91H152O5. The summed E-state index contributed by atoms with van der Waals surface area (Å²) in [6.45, 7) is 3.94. The number of esters is 2. The van der Waals surface area contributed by atoms with Gasteiger partial charge in [0.15, 0.2) is 6.10 Å². The number of ether oxygens (including phenoxy) is 2. The van der Waals surface area contributed by atoms with Crippen molar-refractivity contribution in [1.82, 2.24) is 0 Å². The topological polar surface area (TPSA) is 72.8 Å². The first-order chi connectivity index (χ1) is 47.6. The highest BCUT2D eigenvalue weighted by Crippen LogP contribution is 2.18. The van der Waals surface area contributed by atoms with E-state index in [-0.39, 0.29) is 25.2 Å². The van der Waals surface area contributed by atoms with Crippen molar-refractivity contribution in [3.05, 3.63) is 170 Å². The van der Waals surface area contributed by atoms with Gasteiger partial charge in [0.05, 0.1) is 6.61 Å². The van der Waals surface area contributed by atoms with Crippen molar-refractivity contribution in [1.29, 1.82) is 0 Å². The minimum Gasteiger partial charge on any atom is -0.462 e. The van der Waals surface area contributed by atoms with Crippen molar-refractivity contribution in [2.45, 2.75) is 380 Å². The van der Waals surface area contributed by atoms with Gasteiger partial charge in [-0.3, -0.25) is 9.59 Å². The van der Waals surface area contributed by atoms with Crippen LogP contribution in [0.25, 0.3) is 0 Å². The number of carbonyl (C=O) groups excluding carboxylic acids is 2. The fourth-order valence-electron chi connectivity index (χ4n) is 11.5. The fourth-order valence-corrected chi connectivity index (χ4v) is 11.5. The number of aliphatic hydroxyl groups excluding tert-OH is 1. The lowest BCUT2D eigenvalue weighted by molar-refractivity contribution is -0.161. The molecule has 5 heteroatoms. The second-order valence-electron chi connectivity index (χ2n) is 26.7. The molecule has 0 radical (unpaired) electrons. The fraction of sp³-hybridized carbons (Fsp3) is 0.670. The zero-order valence-corrected chi connectivity index (χ0v) is 62.8. The van der Waals surface area contributed by atoms with Crippen LogP contribution in [-0.2, 0) is 19.1 Å². The Hall–Kier alpha value is -4.74. The van der Waals surface area contributed by atoms with Gasteiger partial charge in [0.25, 0.3) is 0 Å². The van der Waals surface area contributed by atoms with Gasteiger partial charge in [-0.1, -0.05) is 402 Å². The summed E-state index contributed by atoms with van der Waals surface area (Å²) in [6, 6.07) is 0. The molecule has 0 saturated carbocycles. The van der Waals surface area contributed by atoms with E-state index in [1.807, 2.05) is 0 Å². The third-order valence-electron chi connectivity index (χ3n) is 17.5. The first-order valence-electron chi connectivity index (χ1n) is 40.7. The molecule has 0 amide bonds. The van der Waals surface area contributed by atoms with Gasteiger partial charge in [0, 0.05) is 12.8 Å². The number of allylic oxidation sites excluding steroid dienone is 28. The van der Waals surface area contributed by atoms with Crippen molar-refractivity contribution in [2.75, 3.05) is 13.2 Å². The second kappa shape index (κ2) is 84.5. The van der Waals surface area contributed by atoms with Gasteiger partial charge in [-0.25, -0.2) is 0 Å². The van der Waals surface area contributed by atoms with Crippen molar-refractivity contribution in [3.8, 4) is 0 Å². The van der Waals surface area contributed by atoms with Crippen LogP contribution in [0.1, 0.15) is 373 Å². The summed E-state index contributed by atoms with van der Waals surface area (Å²) in [6.07, 6.45) is 130. The first kappa shape index (κ1) is 91.3. The van der Waals surface area contributed by atoms with Gasteiger partial charge in [0.1, 0.15) is 6.61 Å². The predicted molar refractivity (Wildman–Crippen MR) is 426 cm³/mol. The molecule has 0 aliphatic heterocycles. The second-order valence-corrected chi connectivity index (χ2v) is 26.7. The summed E-state index contributed by atoms with van der Waals surface area (Å²) in [7, 11) is 0. The summed E-state index contributed by atoms with van der Waals surface area (Å²) in [4.78, 5) is 24.7. The molecule has 1 atom stereocenters. The van der Waals surface area contributed by atoms with Crippen LogP contribution in [-0.4, -0.2) is 36.4 Å². The largest absolute Gasteiger partial charge is 0.462 e. The maximum atomic E-state index is 12.4. The number of hydrogen-bond acceptors (Lipinski definition) is 5.